The molecule has 1 atom stereocenters. The summed E-state index contributed by atoms with van der Waals surface area (Å²) in [5, 5.41) is 3.53. The molecule has 1 aromatic carbocycles. The van der Waals surface area contributed by atoms with Crippen LogP contribution in [0.3, 0.4) is 0 Å². The van der Waals surface area contributed by atoms with E-state index in [9.17, 15) is 9.59 Å². The Bertz CT molecular complexity index is 867. The number of nitrogens with one attached hydrogen (secondary N) is 1. The molecule has 0 saturated heterocycles. The van der Waals surface area contributed by atoms with Gasteiger partial charge in [0, 0.05) is 10.5 Å². The molecule has 0 spiro atoms. The highest BCUT2D eigenvalue weighted by Gasteiger charge is 2.30. The first kappa shape index (κ1) is 19.4. The number of benzene rings is 1. The van der Waals surface area contributed by atoms with Crippen molar-refractivity contribution in [3.05, 3.63) is 63.5 Å². The van der Waals surface area contributed by atoms with Gasteiger partial charge in [-0.05, 0) is 57.1 Å². The van der Waals surface area contributed by atoms with Crippen molar-refractivity contribution in [2.75, 3.05) is 11.9 Å². The summed E-state index contributed by atoms with van der Waals surface area (Å²) in [5.41, 5.74) is 3.53. The van der Waals surface area contributed by atoms with E-state index in [1.54, 1.807) is 19.9 Å². The molecule has 4 nitrogen and oxygen atoms in total. The first-order valence-electron chi connectivity index (χ1n) is 9.36. The van der Waals surface area contributed by atoms with Crippen LogP contribution in [0.25, 0.3) is 0 Å². The summed E-state index contributed by atoms with van der Waals surface area (Å²) in [5.74, 6) is -0.0870. The van der Waals surface area contributed by atoms with Crippen molar-refractivity contribution in [3.8, 4) is 0 Å². The SMILES string of the molecule is C/C=C(\C)C(=O)Nc1sc2c(c1C(=O)OCC)CC[C@H](c1ccccc1)C2. The van der Waals surface area contributed by atoms with Crippen molar-refractivity contribution in [2.45, 2.75) is 46.0 Å². The van der Waals surface area contributed by atoms with Gasteiger partial charge in [0.15, 0.2) is 0 Å². The zero-order valence-electron chi connectivity index (χ0n) is 16.0. The molecule has 5 heteroatoms. The van der Waals surface area contributed by atoms with Gasteiger partial charge in [-0.25, -0.2) is 4.79 Å². The molecular weight excluding hydrogens is 358 g/mol. The number of hydrogen-bond donors (Lipinski definition) is 1. The summed E-state index contributed by atoms with van der Waals surface area (Å²) in [6.45, 7) is 5.70. The summed E-state index contributed by atoms with van der Waals surface area (Å²) < 4.78 is 5.27. The molecule has 27 heavy (non-hydrogen) atoms. The van der Waals surface area contributed by atoms with Crippen LogP contribution >= 0.6 is 11.3 Å². The van der Waals surface area contributed by atoms with Crippen LogP contribution in [-0.4, -0.2) is 18.5 Å². The van der Waals surface area contributed by atoms with Crippen LogP contribution in [0.2, 0.25) is 0 Å². The number of hydrogen-bond acceptors (Lipinski definition) is 4. The Morgan fingerprint density at radius 1 is 1.30 bits per heavy atom. The predicted molar refractivity (Wildman–Crippen MR) is 110 cm³/mol. The molecule has 0 radical (unpaired) electrons. The van der Waals surface area contributed by atoms with Gasteiger partial charge in [0.2, 0.25) is 0 Å². The number of allylic oxidation sites excluding steroid dienone is 1. The first-order valence-corrected chi connectivity index (χ1v) is 10.2. The Kier molecular flexibility index (Phi) is 6.11. The molecule has 1 heterocycles. The van der Waals surface area contributed by atoms with E-state index < -0.39 is 0 Å². The first-order chi connectivity index (χ1) is 13.0. The molecule has 3 rings (SSSR count). The number of carbonyl (C=O) groups excluding carboxylic acids is 2. The molecule has 142 valence electrons. The Morgan fingerprint density at radius 3 is 2.70 bits per heavy atom. The van der Waals surface area contributed by atoms with Crippen molar-refractivity contribution < 1.29 is 14.3 Å². The highest BCUT2D eigenvalue weighted by molar-refractivity contribution is 7.17. The molecule has 0 bridgehead atoms. The Labute approximate surface area is 164 Å². The lowest BCUT2D eigenvalue weighted by Crippen LogP contribution is -2.17. The van der Waals surface area contributed by atoms with Crippen LogP contribution in [0.1, 0.15) is 59.5 Å². The minimum atomic E-state index is -0.346. The molecule has 1 aliphatic rings. The lowest BCUT2D eigenvalue weighted by molar-refractivity contribution is -0.112. The summed E-state index contributed by atoms with van der Waals surface area (Å²) in [6, 6.07) is 10.5. The lowest BCUT2D eigenvalue weighted by Gasteiger charge is -2.23. The normalized spacial score (nSPS) is 16.6. The van der Waals surface area contributed by atoms with Gasteiger partial charge >= 0.3 is 5.97 Å². The van der Waals surface area contributed by atoms with Gasteiger partial charge in [0.1, 0.15) is 5.00 Å². The maximum atomic E-state index is 12.6. The standard InChI is InChI=1S/C22H25NO3S/c1-4-14(3)20(24)23-21-19(22(25)26-5-2)17-12-11-16(13-18(17)27-21)15-9-7-6-8-10-15/h4,6-10,16H,5,11-13H2,1-3H3,(H,23,24)/b14-4+/t16-/m0/s1. The van der Waals surface area contributed by atoms with Crippen molar-refractivity contribution in [1.82, 2.24) is 0 Å². The summed E-state index contributed by atoms with van der Waals surface area (Å²) in [6.07, 6.45) is 4.45. The van der Waals surface area contributed by atoms with Gasteiger partial charge in [0.05, 0.1) is 12.2 Å². The molecule has 1 N–H and O–H groups in total. The molecule has 0 fully saturated rings. The fraction of sp³-hybridized carbons (Fsp3) is 0.364. The summed E-state index contributed by atoms with van der Waals surface area (Å²) in [7, 11) is 0. The number of carbonyl (C=O) groups is 2. The molecule has 2 aromatic rings. The molecule has 0 saturated carbocycles. The minimum Gasteiger partial charge on any atom is -0.462 e. The van der Waals surface area contributed by atoms with E-state index in [-0.39, 0.29) is 11.9 Å². The van der Waals surface area contributed by atoms with E-state index in [2.05, 4.69) is 29.6 Å². The Balaban J connectivity index is 1.94. The second-order valence-electron chi connectivity index (χ2n) is 6.70. The average molecular weight is 384 g/mol. The number of fused-ring (bicyclic) bond motifs is 1. The third kappa shape index (κ3) is 4.14. The van der Waals surface area contributed by atoms with Gasteiger partial charge in [0.25, 0.3) is 5.91 Å². The zero-order valence-corrected chi connectivity index (χ0v) is 16.8. The number of ether oxygens (including phenoxy) is 1. The monoisotopic (exact) mass is 383 g/mol. The van der Waals surface area contributed by atoms with Gasteiger partial charge < -0.3 is 10.1 Å². The third-order valence-corrected chi connectivity index (χ3v) is 6.20. The lowest BCUT2D eigenvalue weighted by atomic mass is 9.83. The Hall–Kier alpha value is -2.40. The van der Waals surface area contributed by atoms with Crippen LogP contribution in [0.4, 0.5) is 5.00 Å². The Morgan fingerprint density at radius 2 is 2.04 bits per heavy atom. The van der Waals surface area contributed by atoms with E-state index in [1.807, 2.05) is 13.0 Å². The zero-order chi connectivity index (χ0) is 19.4. The predicted octanol–water partition coefficient (Wildman–Crippen LogP) is 5.10. The van der Waals surface area contributed by atoms with Crippen LogP contribution in [0.15, 0.2) is 42.0 Å². The summed E-state index contributed by atoms with van der Waals surface area (Å²) >= 11 is 1.51. The summed E-state index contributed by atoms with van der Waals surface area (Å²) in [4.78, 5) is 26.1. The topological polar surface area (TPSA) is 55.4 Å². The highest BCUT2D eigenvalue weighted by atomic mass is 32.1. The van der Waals surface area contributed by atoms with Crippen LogP contribution in [0.5, 0.6) is 0 Å². The number of amides is 1. The van der Waals surface area contributed by atoms with Crippen molar-refractivity contribution in [2.24, 2.45) is 0 Å². The second kappa shape index (κ2) is 8.53. The number of anilines is 1. The van der Waals surface area contributed by atoms with E-state index in [0.29, 0.717) is 28.7 Å². The van der Waals surface area contributed by atoms with Crippen LogP contribution in [0, 0.1) is 0 Å². The smallest absolute Gasteiger partial charge is 0.341 e. The van der Waals surface area contributed by atoms with E-state index in [0.717, 1.165) is 24.8 Å². The van der Waals surface area contributed by atoms with Gasteiger partial charge in [-0.15, -0.1) is 11.3 Å². The molecule has 0 aliphatic heterocycles. The van der Waals surface area contributed by atoms with Crippen molar-refractivity contribution in [3.63, 3.8) is 0 Å². The number of thiophene rings is 1. The maximum absolute atomic E-state index is 12.6. The second-order valence-corrected chi connectivity index (χ2v) is 7.81. The molecular formula is C22H25NO3S. The number of esters is 1. The maximum Gasteiger partial charge on any atom is 0.341 e. The average Bonchev–Trinajstić information content (AvgIpc) is 3.05. The number of rotatable bonds is 5. The fourth-order valence-electron chi connectivity index (χ4n) is 3.44. The molecule has 1 aromatic heterocycles. The van der Waals surface area contributed by atoms with Gasteiger partial charge in [-0.1, -0.05) is 36.4 Å². The van der Waals surface area contributed by atoms with Crippen molar-refractivity contribution >= 4 is 28.2 Å². The minimum absolute atomic E-state index is 0.179. The van der Waals surface area contributed by atoms with Crippen LogP contribution < -0.4 is 5.32 Å². The third-order valence-electron chi connectivity index (χ3n) is 5.03. The van der Waals surface area contributed by atoms with Crippen LogP contribution in [-0.2, 0) is 22.4 Å². The quantitative estimate of drug-likeness (QED) is 0.577. The fourth-order valence-corrected chi connectivity index (χ4v) is 4.75. The van der Waals surface area contributed by atoms with E-state index in [4.69, 9.17) is 4.74 Å². The van der Waals surface area contributed by atoms with E-state index >= 15 is 0 Å². The van der Waals surface area contributed by atoms with E-state index in [1.165, 1.54) is 21.8 Å². The van der Waals surface area contributed by atoms with Gasteiger partial charge in [-0.2, -0.15) is 0 Å². The van der Waals surface area contributed by atoms with Crippen molar-refractivity contribution in [1.29, 1.82) is 0 Å². The molecule has 0 unspecified atom stereocenters. The molecule has 1 amide bonds. The largest absolute Gasteiger partial charge is 0.462 e. The van der Waals surface area contributed by atoms with Gasteiger partial charge in [-0.3, -0.25) is 4.79 Å². The molecule has 1 aliphatic carbocycles. The highest BCUT2D eigenvalue weighted by Crippen LogP contribution is 2.42.